The van der Waals surface area contributed by atoms with Crippen molar-refractivity contribution in [1.82, 2.24) is 9.62 Å². The van der Waals surface area contributed by atoms with Gasteiger partial charge in [-0.1, -0.05) is 50.1 Å². The maximum absolute atomic E-state index is 13.2. The number of terminal acetylenes is 1. The minimum Gasteiger partial charge on any atom is -0.331 e. The first-order valence-corrected chi connectivity index (χ1v) is 11.2. The van der Waals surface area contributed by atoms with E-state index in [-0.39, 0.29) is 23.4 Å². The smallest absolute Gasteiger partial charge is 0.254 e. The highest BCUT2D eigenvalue weighted by Gasteiger charge is 2.33. The number of benzene rings is 2. The van der Waals surface area contributed by atoms with Crippen molar-refractivity contribution in [3.8, 4) is 12.3 Å². The van der Waals surface area contributed by atoms with Crippen LogP contribution in [0.15, 0.2) is 53.4 Å². The second-order valence-corrected chi connectivity index (χ2v) is 9.38. The fraction of sp³-hybridized carbons (Fsp3) is 0.348. The van der Waals surface area contributed by atoms with Gasteiger partial charge in [-0.3, -0.25) is 4.79 Å². The van der Waals surface area contributed by atoms with Crippen LogP contribution in [-0.4, -0.2) is 31.8 Å². The van der Waals surface area contributed by atoms with Crippen LogP contribution >= 0.6 is 0 Å². The quantitative estimate of drug-likeness (QED) is 0.677. The van der Waals surface area contributed by atoms with Gasteiger partial charge in [-0.25, -0.2) is 8.42 Å². The van der Waals surface area contributed by atoms with E-state index in [9.17, 15) is 13.2 Å². The molecule has 1 saturated carbocycles. The van der Waals surface area contributed by atoms with E-state index >= 15 is 0 Å². The van der Waals surface area contributed by atoms with Crippen molar-refractivity contribution in [3.63, 3.8) is 0 Å². The second kappa shape index (κ2) is 8.81. The Hall–Kier alpha value is -2.62. The molecule has 1 fully saturated rings. The SMILES string of the molecule is C#CCNS(=O)(=O)c1cccc(C(=O)N(Cc2ccc(C(C)C)cc2)C2CC2)c1. The van der Waals surface area contributed by atoms with E-state index < -0.39 is 10.0 Å². The third kappa shape index (κ3) is 5.26. The van der Waals surface area contributed by atoms with Crippen LogP contribution in [-0.2, 0) is 16.6 Å². The van der Waals surface area contributed by atoms with Gasteiger partial charge >= 0.3 is 0 Å². The van der Waals surface area contributed by atoms with E-state index in [1.807, 2.05) is 4.90 Å². The van der Waals surface area contributed by atoms with Crippen molar-refractivity contribution in [2.45, 2.75) is 50.1 Å². The van der Waals surface area contributed by atoms with Gasteiger partial charge in [-0.2, -0.15) is 4.72 Å². The minimum absolute atomic E-state index is 0.0376. The molecule has 1 aliphatic carbocycles. The second-order valence-electron chi connectivity index (χ2n) is 7.62. The third-order valence-electron chi connectivity index (χ3n) is 5.00. The van der Waals surface area contributed by atoms with Crippen molar-refractivity contribution in [1.29, 1.82) is 0 Å². The Kier molecular flexibility index (Phi) is 6.41. The molecule has 0 saturated heterocycles. The van der Waals surface area contributed by atoms with Crippen molar-refractivity contribution in [2.24, 2.45) is 0 Å². The monoisotopic (exact) mass is 410 g/mol. The van der Waals surface area contributed by atoms with Gasteiger partial charge in [0, 0.05) is 18.2 Å². The van der Waals surface area contributed by atoms with E-state index in [1.165, 1.54) is 17.7 Å². The number of nitrogens with zero attached hydrogens (tertiary/aromatic N) is 1. The lowest BCUT2D eigenvalue weighted by Gasteiger charge is -2.23. The maximum atomic E-state index is 13.2. The topological polar surface area (TPSA) is 66.5 Å². The summed E-state index contributed by atoms with van der Waals surface area (Å²) in [5, 5.41) is 0. The number of carbonyl (C=O) groups excluding carboxylic acids is 1. The molecule has 0 spiro atoms. The summed E-state index contributed by atoms with van der Waals surface area (Å²) in [6.45, 7) is 4.71. The molecule has 0 radical (unpaired) electrons. The Bertz CT molecular complexity index is 1020. The van der Waals surface area contributed by atoms with Crippen LogP contribution in [0.5, 0.6) is 0 Å². The summed E-state index contributed by atoms with van der Waals surface area (Å²) in [6, 6.07) is 14.6. The molecule has 0 aliphatic heterocycles. The predicted octanol–water partition coefficient (Wildman–Crippen LogP) is 3.53. The zero-order chi connectivity index (χ0) is 21.0. The molecule has 152 valence electrons. The van der Waals surface area contributed by atoms with Gasteiger partial charge in [-0.05, 0) is 48.1 Å². The van der Waals surface area contributed by atoms with Crippen LogP contribution in [0, 0.1) is 12.3 Å². The summed E-state index contributed by atoms with van der Waals surface area (Å²) in [6.07, 6.45) is 7.07. The molecular formula is C23H26N2O3S. The molecule has 1 N–H and O–H groups in total. The van der Waals surface area contributed by atoms with Gasteiger partial charge in [0.2, 0.25) is 10.0 Å². The number of amides is 1. The van der Waals surface area contributed by atoms with E-state index in [2.05, 4.69) is 48.8 Å². The zero-order valence-corrected chi connectivity index (χ0v) is 17.6. The van der Waals surface area contributed by atoms with Gasteiger partial charge < -0.3 is 4.90 Å². The largest absolute Gasteiger partial charge is 0.331 e. The number of nitrogens with one attached hydrogen (secondary N) is 1. The molecule has 1 amide bonds. The van der Waals surface area contributed by atoms with Crippen molar-refractivity contribution < 1.29 is 13.2 Å². The van der Waals surface area contributed by atoms with E-state index in [0.29, 0.717) is 18.0 Å². The molecule has 6 heteroatoms. The number of carbonyl (C=O) groups is 1. The van der Waals surface area contributed by atoms with Crippen molar-refractivity contribution in [3.05, 3.63) is 65.2 Å². The van der Waals surface area contributed by atoms with Crippen LogP contribution in [0.25, 0.3) is 0 Å². The van der Waals surface area contributed by atoms with Crippen LogP contribution in [0.1, 0.15) is 54.1 Å². The molecule has 0 unspecified atom stereocenters. The Morgan fingerprint density at radius 1 is 1.21 bits per heavy atom. The lowest BCUT2D eigenvalue weighted by atomic mass is 10.0. The Morgan fingerprint density at radius 2 is 1.90 bits per heavy atom. The Balaban J connectivity index is 1.81. The molecule has 0 atom stereocenters. The van der Waals surface area contributed by atoms with Gasteiger partial charge in [0.15, 0.2) is 0 Å². The van der Waals surface area contributed by atoms with Crippen molar-refractivity contribution >= 4 is 15.9 Å². The summed E-state index contributed by atoms with van der Waals surface area (Å²) in [7, 11) is -3.74. The summed E-state index contributed by atoms with van der Waals surface area (Å²) >= 11 is 0. The maximum Gasteiger partial charge on any atom is 0.254 e. The highest BCUT2D eigenvalue weighted by Crippen LogP contribution is 2.30. The third-order valence-corrected chi connectivity index (χ3v) is 6.40. The zero-order valence-electron chi connectivity index (χ0n) is 16.8. The van der Waals surface area contributed by atoms with Crippen molar-refractivity contribution in [2.75, 3.05) is 6.54 Å². The summed E-state index contributed by atoms with van der Waals surface area (Å²) in [4.78, 5) is 15.1. The fourth-order valence-corrected chi connectivity index (χ4v) is 4.12. The average molecular weight is 411 g/mol. The van der Waals surface area contributed by atoms with Gasteiger partial charge in [0.1, 0.15) is 0 Å². The van der Waals surface area contributed by atoms with Gasteiger partial charge in [0.25, 0.3) is 5.91 Å². The standard InChI is InChI=1S/C23H26N2O3S/c1-4-14-24-29(27,28)22-7-5-6-20(15-22)23(26)25(21-12-13-21)16-18-8-10-19(11-9-18)17(2)3/h1,5-11,15,17,21,24H,12-14,16H2,2-3H3. The minimum atomic E-state index is -3.74. The average Bonchev–Trinajstić information content (AvgIpc) is 3.55. The molecule has 0 bridgehead atoms. The molecule has 2 aromatic carbocycles. The molecule has 3 rings (SSSR count). The summed E-state index contributed by atoms with van der Waals surface area (Å²) in [5.41, 5.74) is 2.68. The lowest BCUT2D eigenvalue weighted by molar-refractivity contribution is 0.0729. The molecule has 1 aliphatic rings. The lowest BCUT2D eigenvalue weighted by Crippen LogP contribution is -2.33. The highest BCUT2D eigenvalue weighted by molar-refractivity contribution is 7.89. The fourth-order valence-electron chi connectivity index (χ4n) is 3.14. The molecule has 0 heterocycles. The highest BCUT2D eigenvalue weighted by atomic mass is 32.2. The predicted molar refractivity (Wildman–Crippen MR) is 114 cm³/mol. The van der Waals surface area contributed by atoms with E-state index in [1.54, 1.807) is 12.1 Å². The first kappa shape index (κ1) is 21.1. The van der Waals surface area contributed by atoms with Crippen LogP contribution in [0.4, 0.5) is 0 Å². The molecule has 5 nitrogen and oxygen atoms in total. The van der Waals surface area contributed by atoms with Gasteiger partial charge in [0.05, 0.1) is 11.4 Å². The normalized spacial score (nSPS) is 13.9. The van der Waals surface area contributed by atoms with E-state index in [0.717, 1.165) is 18.4 Å². The van der Waals surface area contributed by atoms with Crippen LogP contribution in [0.3, 0.4) is 0 Å². The van der Waals surface area contributed by atoms with Crippen LogP contribution in [0.2, 0.25) is 0 Å². The molecular weight excluding hydrogens is 384 g/mol. The number of rotatable bonds is 8. The first-order chi connectivity index (χ1) is 13.8. The summed E-state index contributed by atoms with van der Waals surface area (Å²) in [5.74, 6) is 2.54. The van der Waals surface area contributed by atoms with E-state index in [4.69, 9.17) is 6.42 Å². The first-order valence-electron chi connectivity index (χ1n) is 9.75. The Labute approximate surface area is 173 Å². The number of hydrogen-bond donors (Lipinski definition) is 1. The number of hydrogen-bond acceptors (Lipinski definition) is 3. The van der Waals surface area contributed by atoms with Gasteiger partial charge in [-0.15, -0.1) is 6.42 Å². The van der Waals surface area contributed by atoms with Crippen LogP contribution < -0.4 is 4.72 Å². The summed E-state index contributed by atoms with van der Waals surface area (Å²) < 4.78 is 27.0. The number of sulfonamides is 1. The Morgan fingerprint density at radius 3 is 2.48 bits per heavy atom. The molecule has 2 aromatic rings. The molecule has 29 heavy (non-hydrogen) atoms. The molecule has 0 aromatic heterocycles.